The second-order valence-electron chi connectivity index (χ2n) is 6.63. The smallest absolute Gasteiger partial charge is 0.220 e. The molecule has 1 aliphatic heterocycles. The molecule has 1 saturated heterocycles. The third-order valence-corrected chi connectivity index (χ3v) is 7.25. The van der Waals surface area contributed by atoms with E-state index in [1.165, 1.54) is 4.70 Å². The fourth-order valence-corrected chi connectivity index (χ4v) is 5.31. The average molecular weight is 396 g/mol. The highest BCUT2D eigenvalue weighted by Gasteiger charge is 2.20. The van der Waals surface area contributed by atoms with E-state index in [-0.39, 0.29) is 17.4 Å². The lowest BCUT2D eigenvalue weighted by atomic mass is 10.2. The Hall–Kier alpha value is -1.51. The van der Waals surface area contributed by atoms with E-state index < -0.39 is 9.84 Å². The molecule has 1 aromatic carbocycles. The van der Waals surface area contributed by atoms with Gasteiger partial charge in [-0.1, -0.05) is 12.1 Å². The van der Waals surface area contributed by atoms with Crippen molar-refractivity contribution >= 4 is 37.3 Å². The molecule has 0 atom stereocenters. The number of hydrogen-bond acceptors (Lipinski definition) is 6. The highest BCUT2D eigenvalue weighted by molar-refractivity contribution is 7.91. The van der Waals surface area contributed by atoms with Crippen molar-refractivity contribution in [2.75, 3.05) is 37.7 Å². The molecule has 1 amide bonds. The van der Waals surface area contributed by atoms with Crippen LogP contribution in [-0.2, 0) is 21.1 Å². The molecule has 1 fully saturated rings. The van der Waals surface area contributed by atoms with Crippen LogP contribution in [0.5, 0.6) is 0 Å². The van der Waals surface area contributed by atoms with Crippen molar-refractivity contribution in [3.05, 3.63) is 29.3 Å². The van der Waals surface area contributed by atoms with Crippen molar-refractivity contribution in [1.82, 2.24) is 15.2 Å². The first kappa shape index (κ1) is 19.3. The summed E-state index contributed by atoms with van der Waals surface area (Å²) in [5, 5.41) is 4.03. The van der Waals surface area contributed by atoms with Gasteiger partial charge in [0, 0.05) is 26.1 Å². The molecule has 2 aromatic rings. The Bertz CT molecular complexity index is 801. The van der Waals surface area contributed by atoms with Gasteiger partial charge < -0.3 is 10.2 Å². The standard InChI is InChI=1S/C18H25N3O3S2/c22-17(19-9-4-10-21-11-13-26(23,24)14-12-21)7-3-8-18-20-15-5-1-2-6-16(15)25-18/h1-2,5-6H,3-4,7-14H2,(H,19,22). The number of rotatable bonds is 8. The molecule has 3 rings (SSSR count). The summed E-state index contributed by atoms with van der Waals surface area (Å²) >= 11 is 1.69. The Kier molecular flexibility index (Phi) is 6.61. The minimum Gasteiger partial charge on any atom is -0.356 e. The third kappa shape index (κ3) is 5.75. The fourth-order valence-electron chi connectivity index (χ4n) is 3.02. The Morgan fingerprint density at radius 2 is 1.96 bits per heavy atom. The summed E-state index contributed by atoms with van der Waals surface area (Å²) in [7, 11) is -2.82. The molecular weight excluding hydrogens is 370 g/mol. The van der Waals surface area contributed by atoms with Crippen molar-refractivity contribution in [2.45, 2.75) is 25.7 Å². The third-order valence-electron chi connectivity index (χ3n) is 4.54. The molecule has 2 heterocycles. The number of fused-ring (bicyclic) bond motifs is 1. The molecule has 26 heavy (non-hydrogen) atoms. The zero-order valence-electron chi connectivity index (χ0n) is 14.8. The summed E-state index contributed by atoms with van der Waals surface area (Å²) in [6.07, 6.45) is 2.99. The summed E-state index contributed by atoms with van der Waals surface area (Å²) in [6.45, 7) is 2.70. The van der Waals surface area contributed by atoms with Crippen LogP contribution in [0, 0.1) is 0 Å². The van der Waals surface area contributed by atoms with Crippen molar-refractivity contribution in [2.24, 2.45) is 0 Å². The lowest BCUT2D eigenvalue weighted by molar-refractivity contribution is -0.121. The minimum absolute atomic E-state index is 0.0762. The monoisotopic (exact) mass is 395 g/mol. The molecule has 142 valence electrons. The van der Waals surface area contributed by atoms with E-state index in [2.05, 4.69) is 21.3 Å². The fraction of sp³-hybridized carbons (Fsp3) is 0.556. The molecule has 0 saturated carbocycles. The van der Waals surface area contributed by atoms with Crippen molar-refractivity contribution in [3.63, 3.8) is 0 Å². The van der Waals surface area contributed by atoms with E-state index in [0.717, 1.165) is 36.3 Å². The minimum atomic E-state index is -2.82. The van der Waals surface area contributed by atoms with Gasteiger partial charge in [0.05, 0.1) is 26.7 Å². The lowest BCUT2D eigenvalue weighted by Crippen LogP contribution is -2.41. The second kappa shape index (κ2) is 8.92. The van der Waals surface area contributed by atoms with Gasteiger partial charge in [-0.3, -0.25) is 4.79 Å². The van der Waals surface area contributed by atoms with Crippen molar-refractivity contribution < 1.29 is 13.2 Å². The molecule has 0 bridgehead atoms. The van der Waals surface area contributed by atoms with Crippen LogP contribution in [0.25, 0.3) is 10.2 Å². The quantitative estimate of drug-likeness (QED) is 0.690. The zero-order valence-corrected chi connectivity index (χ0v) is 16.4. The van der Waals surface area contributed by atoms with E-state index in [9.17, 15) is 13.2 Å². The molecule has 1 aliphatic rings. The number of carbonyl (C=O) groups is 1. The first-order chi connectivity index (χ1) is 12.5. The predicted molar refractivity (Wildman–Crippen MR) is 105 cm³/mol. The Labute approximate surface area is 158 Å². The molecule has 1 aromatic heterocycles. The molecule has 6 nitrogen and oxygen atoms in total. The molecule has 0 unspecified atom stereocenters. The topological polar surface area (TPSA) is 79.4 Å². The van der Waals surface area contributed by atoms with Gasteiger partial charge in [0.15, 0.2) is 9.84 Å². The van der Waals surface area contributed by atoms with E-state index in [4.69, 9.17) is 0 Å². The van der Waals surface area contributed by atoms with E-state index in [1.807, 2.05) is 18.2 Å². The first-order valence-corrected chi connectivity index (χ1v) is 11.7. The number of benzene rings is 1. The SMILES string of the molecule is O=C(CCCc1nc2ccccc2s1)NCCCN1CCS(=O)(=O)CC1. The number of hydrogen-bond donors (Lipinski definition) is 1. The number of para-hydroxylation sites is 1. The molecule has 8 heteroatoms. The number of sulfone groups is 1. The van der Waals surface area contributed by atoms with E-state index in [1.54, 1.807) is 11.3 Å². The Morgan fingerprint density at radius 1 is 1.19 bits per heavy atom. The summed E-state index contributed by atoms with van der Waals surface area (Å²) in [5.74, 6) is 0.586. The molecule has 0 radical (unpaired) electrons. The van der Waals surface area contributed by atoms with Crippen LogP contribution >= 0.6 is 11.3 Å². The number of aryl methyl sites for hydroxylation is 1. The zero-order chi connectivity index (χ0) is 18.4. The van der Waals surface area contributed by atoms with Crippen LogP contribution in [0.3, 0.4) is 0 Å². The summed E-state index contributed by atoms with van der Waals surface area (Å²) in [5.41, 5.74) is 1.03. The number of aromatic nitrogens is 1. The lowest BCUT2D eigenvalue weighted by Gasteiger charge is -2.26. The highest BCUT2D eigenvalue weighted by Crippen LogP contribution is 2.22. The van der Waals surface area contributed by atoms with Crippen LogP contribution in [-0.4, -0.2) is 61.9 Å². The van der Waals surface area contributed by atoms with Crippen LogP contribution in [0.4, 0.5) is 0 Å². The number of nitrogens with zero attached hydrogens (tertiary/aromatic N) is 2. The molecule has 1 N–H and O–H groups in total. The van der Waals surface area contributed by atoms with E-state index >= 15 is 0 Å². The van der Waals surface area contributed by atoms with Gasteiger partial charge >= 0.3 is 0 Å². The van der Waals surface area contributed by atoms with Crippen molar-refractivity contribution in [3.8, 4) is 0 Å². The number of thiazole rings is 1. The summed E-state index contributed by atoms with van der Waals surface area (Å²) < 4.78 is 24.0. The summed E-state index contributed by atoms with van der Waals surface area (Å²) in [4.78, 5) is 18.7. The number of carbonyl (C=O) groups excluding carboxylic acids is 1. The maximum atomic E-state index is 11.9. The first-order valence-electron chi connectivity index (χ1n) is 9.06. The van der Waals surface area contributed by atoms with Crippen LogP contribution in [0.15, 0.2) is 24.3 Å². The maximum absolute atomic E-state index is 11.9. The normalized spacial score (nSPS) is 17.4. The Morgan fingerprint density at radius 3 is 2.73 bits per heavy atom. The van der Waals surface area contributed by atoms with Crippen LogP contribution in [0.1, 0.15) is 24.3 Å². The summed E-state index contributed by atoms with van der Waals surface area (Å²) in [6, 6.07) is 8.09. The van der Waals surface area contributed by atoms with Crippen LogP contribution < -0.4 is 5.32 Å². The van der Waals surface area contributed by atoms with Gasteiger partial charge in [0.25, 0.3) is 0 Å². The number of amides is 1. The predicted octanol–water partition coefficient (Wildman–Crippen LogP) is 1.86. The maximum Gasteiger partial charge on any atom is 0.220 e. The van der Waals surface area contributed by atoms with Gasteiger partial charge in [-0.05, 0) is 37.9 Å². The molecule has 0 aliphatic carbocycles. The molecular formula is C18H25N3O3S2. The van der Waals surface area contributed by atoms with Gasteiger partial charge in [0.1, 0.15) is 0 Å². The van der Waals surface area contributed by atoms with Gasteiger partial charge in [-0.15, -0.1) is 11.3 Å². The second-order valence-corrected chi connectivity index (χ2v) is 10.0. The van der Waals surface area contributed by atoms with Gasteiger partial charge in [-0.2, -0.15) is 0 Å². The molecule has 0 spiro atoms. The Balaban J connectivity index is 1.27. The van der Waals surface area contributed by atoms with Crippen molar-refractivity contribution in [1.29, 1.82) is 0 Å². The average Bonchev–Trinajstić information content (AvgIpc) is 3.02. The van der Waals surface area contributed by atoms with E-state index in [0.29, 0.717) is 26.1 Å². The van der Waals surface area contributed by atoms with Gasteiger partial charge in [-0.25, -0.2) is 13.4 Å². The number of nitrogens with one attached hydrogen (secondary N) is 1. The van der Waals surface area contributed by atoms with Gasteiger partial charge in [0.2, 0.25) is 5.91 Å². The highest BCUT2D eigenvalue weighted by atomic mass is 32.2. The van der Waals surface area contributed by atoms with Crippen LogP contribution in [0.2, 0.25) is 0 Å². The largest absolute Gasteiger partial charge is 0.356 e.